The molecule has 0 spiro atoms. The van der Waals surface area contributed by atoms with Crippen LogP contribution in [0, 0.1) is 0 Å². The third-order valence-corrected chi connectivity index (χ3v) is 6.91. The Labute approximate surface area is 195 Å². The van der Waals surface area contributed by atoms with Crippen LogP contribution in [0.3, 0.4) is 0 Å². The topological polar surface area (TPSA) is 97.4 Å². The lowest BCUT2D eigenvalue weighted by Crippen LogP contribution is -2.40. The highest BCUT2D eigenvalue weighted by Crippen LogP contribution is 2.21. The smallest absolute Gasteiger partial charge is 0.321 e. The van der Waals surface area contributed by atoms with Gasteiger partial charge in [-0.3, -0.25) is 4.90 Å². The Balaban J connectivity index is 1.45. The summed E-state index contributed by atoms with van der Waals surface area (Å²) < 4.78 is 43.3. The monoisotopic (exact) mass is 477 g/mol. The molecule has 180 valence electrons. The molecule has 1 fully saturated rings. The minimum atomic E-state index is -3.52. The molecule has 1 aliphatic heterocycles. The first kappa shape index (κ1) is 24.8. The summed E-state index contributed by atoms with van der Waals surface area (Å²) in [7, 11) is -1.81. The Bertz CT molecular complexity index is 1000. The quantitative estimate of drug-likeness (QED) is 0.558. The number of sulfonamides is 1. The summed E-state index contributed by atoms with van der Waals surface area (Å²) in [4.78, 5) is 13.8. The lowest BCUT2D eigenvalue weighted by atomic mass is 10.3. The van der Waals surface area contributed by atoms with Crippen molar-refractivity contribution < 1.29 is 27.4 Å². The fourth-order valence-corrected chi connectivity index (χ4v) is 4.60. The van der Waals surface area contributed by atoms with Crippen LogP contribution in [0.25, 0.3) is 0 Å². The number of hydrogen-bond donors (Lipinski definition) is 1. The van der Waals surface area contributed by atoms with Crippen LogP contribution in [0.2, 0.25) is 0 Å². The van der Waals surface area contributed by atoms with Crippen LogP contribution in [-0.4, -0.2) is 71.4 Å². The van der Waals surface area contributed by atoms with Gasteiger partial charge in [0.25, 0.3) is 0 Å². The maximum atomic E-state index is 12.7. The molecule has 2 aromatic rings. The third kappa shape index (κ3) is 6.83. The van der Waals surface area contributed by atoms with Gasteiger partial charge in [0.2, 0.25) is 10.0 Å². The van der Waals surface area contributed by atoms with E-state index in [9.17, 15) is 13.2 Å². The molecule has 1 N–H and O–H groups in total. The Morgan fingerprint density at radius 3 is 2.03 bits per heavy atom. The SMILES string of the molecule is CC(C)NC(=O)N(C)c1ccc(OCCOc2ccc(S(=O)(=O)N3CCOCC3)cc2)cc1. The van der Waals surface area contributed by atoms with Gasteiger partial charge in [0.05, 0.1) is 18.1 Å². The molecule has 33 heavy (non-hydrogen) atoms. The second-order valence-corrected chi connectivity index (χ2v) is 9.78. The average molecular weight is 478 g/mol. The van der Waals surface area contributed by atoms with Crippen LogP contribution >= 0.6 is 0 Å². The third-order valence-electron chi connectivity index (χ3n) is 4.99. The predicted molar refractivity (Wildman–Crippen MR) is 126 cm³/mol. The molecule has 0 aliphatic carbocycles. The molecule has 2 aromatic carbocycles. The second kappa shape index (κ2) is 11.4. The number of anilines is 1. The standard InChI is InChI=1S/C23H31N3O6S/c1-18(2)24-23(27)25(3)19-4-6-20(7-5-19)31-16-17-32-21-8-10-22(11-9-21)33(28,29)26-12-14-30-15-13-26/h4-11,18H,12-17H2,1-3H3,(H,24,27). The number of hydrogen-bond acceptors (Lipinski definition) is 6. The van der Waals surface area contributed by atoms with Crippen LogP contribution < -0.4 is 19.7 Å². The van der Waals surface area contributed by atoms with E-state index in [0.717, 1.165) is 5.69 Å². The van der Waals surface area contributed by atoms with Gasteiger partial charge in [0.1, 0.15) is 24.7 Å². The first-order chi connectivity index (χ1) is 15.8. The molecule has 0 unspecified atom stereocenters. The molecular formula is C23H31N3O6S. The number of nitrogens with one attached hydrogen (secondary N) is 1. The first-order valence-corrected chi connectivity index (χ1v) is 12.3. The van der Waals surface area contributed by atoms with Crippen molar-refractivity contribution in [2.75, 3.05) is 51.5 Å². The van der Waals surface area contributed by atoms with Gasteiger partial charge in [0, 0.05) is 31.9 Å². The van der Waals surface area contributed by atoms with E-state index in [4.69, 9.17) is 14.2 Å². The van der Waals surface area contributed by atoms with Gasteiger partial charge in [0.15, 0.2) is 0 Å². The maximum absolute atomic E-state index is 12.7. The van der Waals surface area contributed by atoms with Gasteiger partial charge < -0.3 is 19.5 Å². The number of rotatable bonds is 9. The zero-order valence-corrected chi connectivity index (χ0v) is 20.0. The molecular weight excluding hydrogens is 446 g/mol. The van der Waals surface area contributed by atoms with Crippen LogP contribution in [0.5, 0.6) is 11.5 Å². The summed E-state index contributed by atoms with van der Waals surface area (Å²) in [5.41, 5.74) is 0.754. The van der Waals surface area contributed by atoms with E-state index in [0.29, 0.717) is 51.0 Å². The molecule has 1 aliphatic rings. The van der Waals surface area contributed by atoms with Crippen LogP contribution in [0.1, 0.15) is 13.8 Å². The van der Waals surface area contributed by atoms with Gasteiger partial charge >= 0.3 is 6.03 Å². The zero-order chi connectivity index (χ0) is 23.8. The number of nitrogens with zero attached hydrogens (tertiary/aromatic N) is 2. The Morgan fingerprint density at radius 1 is 1.00 bits per heavy atom. The molecule has 1 heterocycles. The van der Waals surface area contributed by atoms with Crippen molar-refractivity contribution in [1.82, 2.24) is 9.62 Å². The van der Waals surface area contributed by atoms with E-state index in [2.05, 4.69) is 5.32 Å². The largest absolute Gasteiger partial charge is 0.490 e. The molecule has 10 heteroatoms. The Hall–Kier alpha value is -2.82. The fourth-order valence-electron chi connectivity index (χ4n) is 3.19. The van der Waals surface area contributed by atoms with Gasteiger partial charge in [-0.2, -0.15) is 4.31 Å². The first-order valence-electron chi connectivity index (χ1n) is 10.9. The van der Waals surface area contributed by atoms with Gasteiger partial charge in [-0.05, 0) is 62.4 Å². The van der Waals surface area contributed by atoms with Crippen LogP contribution in [0.15, 0.2) is 53.4 Å². The number of benzene rings is 2. The number of carbonyl (C=O) groups excluding carboxylic acids is 1. The molecule has 1 saturated heterocycles. The Morgan fingerprint density at radius 2 is 1.52 bits per heavy atom. The van der Waals surface area contributed by atoms with Gasteiger partial charge in [-0.15, -0.1) is 0 Å². The van der Waals surface area contributed by atoms with Crippen molar-refractivity contribution in [1.29, 1.82) is 0 Å². The summed E-state index contributed by atoms with van der Waals surface area (Å²) in [6.45, 7) is 5.98. The molecule has 0 atom stereocenters. The second-order valence-electron chi connectivity index (χ2n) is 7.84. The van der Waals surface area contributed by atoms with Crippen molar-refractivity contribution in [3.63, 3.8) is 0 Å². The van der Waals surface area contributed by atoms with Crippen molar-refractivity contribution >= 4 is 21.7 Å². The maximum Gasteiger partial charge on any atom is 0.321 e. The molecule has 9 nitrogen and oxygen atoms in total. The highest BCUT2D eigenvalue weighted by molar-refractivity contribution is 7.89. The summed E-state index contributed by atoms with van der Waals surface area (Å²) in [6, 6.07) is 13.5. The normalized spacial score (nSPS) is 14.7. The van der Waals surface area contributed by atoms with Gasteiger partial charge in [-0.1, -0.05) is 0 Å². The Kier molecular flexibility index (Phi) is 8.54. The van der Waals surface area contributed by atoms with Gasteiger partial charge in [-0.25, -0.2) is 13.2 Å². The number of amides is 2. The lowest BCUT2D eigenvalue weighted by Gasteiger charge is -2.26. The van der Waals surface area contributed by atoms with E-state index in [1.165, 1.54) is 9.21 Å². The summed E-state index contributed by atoms with van der Waals surface area (Å²) in [5.74, 6) is 1.22. The van der Waals surface area contributed by atoms with Crippen LogP contribution in [-0.2, 0) is 14.8 Å². The van der Waals surface area contributed by atoms with E-state index < -0.39 is 10.0 Å². The predicted octanol–water partition coefficient (Wildman–Crippen LogP) is 2.72. The minimum absolute atomic E-state index is 0.0629. The van der Waals surface area contributed by atoms with Crippen molar-refractivity contribution in [2.45, 2.75) is 24.8 Å². The molecule has 3 rings (SSSR count). The van der Waals surface area contributed by atoms with Crippen LogP contribution in [0.4, 0.5) is 10.5 Å². The highest BCUT2D eigenvalue weighted by Gasteiger charge is 2.26. The molecule has 0 radical (unpaired) electrons. The number of ether oxygens (including phenoxy) is 3. The molecule has 0 saturated carbocycles. The number of urea groups is 1. The van der Waals surface area contributed by atoms with Crippen molar-refractivity contribution in [2.24, 2.45) is 0 Å². The van der Waals surface area contributed by atoms with E-state index >= 15 is 0 Å². The lowest BCUT2D eigenvalue weighted by molar-refractivity contribution is 0.0730. The summed E-state index contributed by atoms with van der Waals surface area (Å²) >= 11 is 0. The molecule has 2 amide bonds. The summed E-state index contributed by atoms with van der Waals surface area (Å²) in [5, 5.41) is 2.84. The number of carbonyl (C=O) groups is 1. The number of morpholine rings is 1. The highest BCUT2D eigenvalue weighted by atomic mass is 32.2. The van der Waals surface area contributed by atoms with E-state index in [1.807, 2.05) is 26.0 Å². The zero-order valence-electron chi connectivity index (χ0n) is 19.2. The van der Waals surface area contributed by atoms with E-state index in [1.54, 1.807) is 43.4 Å². The fraction of sp³-hybridized carbons (Fsp3) is 0.435. The average Bonchev–Trinajstić information content (AvgIpc) is 2.82. The minimum Gasteiger partial charge on any atom is -0.490 e. The van der Waals surface area contributed by atoms with Crippen molar-refractivity contribution in [3.05, 3.63) is 48.5 Å². The summed E-state index contributed by atoms with van der Waals surface area (Å²) in [6.07, 6.45) is 0. The van der Waals surface area contributed by atoms with Crippen molar-refractivity contribution in [3.8, 4) is 11.5 Å². The molecule has 0 aromatic heterocycles. The molecule has 0 bridgehead atoms. The van der Waals surface area contributed by atoms with E-state index in [-0.39, 0.29) is 17.0 Å².